The van der Waals surface area contributed by atoms with Gasteiger partial charge in [0, 0.05) is 0 Å². The van der Waals surface area contributed by atoms with Crippen LogP contribution < -0.4 is 9.47 Å². The van der Waals surface area contributed by atoms with Crippen LogP contribution in [-0.2, 0) is 9.53 Å². The van der Waals surface area contributed by atoms with Crippen LogP contribution in [-0.4, -0.2) is 37.5 Å². The highest BCUT2D eigenvalue weighted by Gasteiger charge is 2.21. The predicted octanol–water partition coefficient (Wildman–Crippen LogP) is 2.86. The van der Waals surface area contributed by atoms with Crippen molar-refractivity contribution in [2.45, 2.75) is 26.4 Å². The number of ether oxygens (including phenoxy) is 3. The fraction of sp³-hybridized carbons (Fsp3) is 0.467. The molecule has 0 spiro atoms. The third kappa shape index (κ3) is 5.35. The number of rotatable bonds is 6. The minimum absolute atomic E-state index is 0.0529. The molecule has 0 heterocycles. The first kappa shape index (κ1) is 17.4. The lowest BCUT2D eigenvalue weighted by molar-refractivity contribution is -0.151. The van der Waals surface area contributed by atoms with Gasteiger partial charge in [-0.25, -0.2) is 0 Å². The summed E-state index contributed by atoms with van der Waals surface area (Å²) in [5, 5.41) is 0. The summed E-state index contributed by atoms with van der Waals surface area (Å²) >= 11 is 0. The molecule has 1 aromatic rings. The van der Waals surface area contributed by atoms with Crippen LogP contribution in [0.2, 0.25) is 0 Å². The van der Waals surface area contributed by atoms with Crippen LogP contribution in [0.5, 0.6) is 11.5 Å². The summed E-state index contributed by atoms with van der Waals surface area (Å²) < 4.78 is 15.6. The van der Waals surface area contributed by atoms with Gasteiger partial charge in [-0.3, -0.25) is 9.59 Å². The van der Waals surface area contributed by atoms with E-state index in [0.717, 1.165) is 0 Å². The maximum atomic E-state index is 12.3. The molecule has 6 heteroatoms. The van der Waals surface area contributed by atoms with Crippen molar-refractivity contribution in [1.29, 1.82) is 0 Å². The number of hydrogen-bond donors (Lipinski definition) is 0. The van der Waals surface area contributed by atoms with Crippen LogP contribution >= 0.6 is 8.58 Å². The number of carbonyl (C=O) groups is 2. The van der Waals surface area contributed by atoms with E-state index in [9.17, 15) is 9.59 Å². The molecule has 0 N–H and O–H groups in total. The summed E-state index contributed by atoms with van der Waals surface area (Å²) in [5.41, 5.74) is -0.369. The summed E-state index contributed by atoms with van der Waals surface area (Å²) in [4.78, 5) is 24.0. The van der Waals surface area contributed by atoms with Crippen molar-refractivity contribution in [1.82, 2.24) is 0 Å². The zero-order chi connectivity index (χ0) is 16.0. The van der Waals surface area contributed by atoms with E-state index in [1.54, 1.807) is 39.0 Å². The van der Waals surface area contributed by atoms with E-state index < -0.39 is 5.60 Å². The summed E-state index contributed by atoms with van der Waals surface area (Å²) in [6, 6.07) is 5.12. The molecule has 0 bridgehead atoms. The van der Waals surface area contributed by atoms with Gasteiger partial charge in [-0.2, -0.15) is 0 Å². The molecule has 1 atom stereocenters. The van der Waals surface area contributed by atoms with Gasteiger partial charge in [-0.05, 0) is 41.5 Å². The number of methoxy groups -OCH3 is 2. The van der Waals surface area contributed by atoms with Crippen LogP contribution in [0.25, 0.3) is 0 Å². The summed E-state index contributed by atoms with van der Waals surface area (Å²) in [6.45, 7) is 5.37. The van der Waals surface area contributed by atoms with Gasteiger partial charge in [0.15, 0.2) is 5.52 Å². The first-order valence-electron chi connectivity index (χ1n) is 6.49. The zero-order valence-electron chi connectivity index (χ0n) is 13.0. The van der Waals surface area contributed by atoms with Crippen molar-refractivity contribution in [2.24, 2.45) is 0 Å². The average molecular weight is 312 g/mol. The molecular formula is C15H21O5P. The Morgan fingerprint density at radius 1 is 1.10 bits per heavy atom. The number of benzene rings is 1. The Bertz CT molecular complexity index is 497. The summed E-state index contributed by atoms with van der Waals surface area (Å²) in [5.74, 6) is 0.495. The molecule has 0 fully saturated rings. The molecule has 1 aromatic carbocycles. The second-order valence-corrected chi connectivity index (χ2v) is 6.47. The van der Waals surface area contributed by atoms with Crippen molar-refractivity contribution >= 4 is 20.1 Å². The molecule has 0 aliphatic rings. The average Bonchev–Trinajstić information content (AvgIpc) is 2.41. The lowest BCUT2D eigenvalue weighted by atomic mass is 10.2. The zero-order valence-corrected chi connectivity index (χ0v) is 14.0. The second-order valence-electron chi connectivity index (χ2n) is 5.31. The molecule has 0 amide bonds. The molecule has 0 saturated carbocycles. The van der Waals surface area contributed by atoms with Crippen LogP contribution in [0.15, 0.2) is 18.2 Å². The molecular weight excluding hydrogens is 291 g/mol. The van der Waals surface area contributed by atoms with Crippen LogP contribution in [0, 0.1) is 0 Å². The molecule has 21 heavy (non-hydrogen) atoms. The molecule has 0 aliphatic heterocycles. The monoisotopic (exact) mass is 312 g/mol. The summed E-state index contributed by atoms with van der Waals surface area (Å²) in [6.07, 6.45) is 0.0529. The molecule has 1 rings (SSSR count). The standard InChI is InChI=1S/C15H21O5P/c1-15(2,3)20-12(16)9-21-14(17)13-10(18-4)7-6-8-11(13)19-5/h6-8,21H,9H2,1-5H3. The third-order valence-electron chi connectivity index (χ3n) is 2.47. The fourth-order valence-corrected chi connectivity index (χ4v) is 2.49. The van der Waals surface area contributed by atoms with E-state index in [1.807, 2.05) is 0 Å². The van der Waals surface area contributed by atoms with Gasteiger partial charge in [0.2, 0.25) is 0 Å². The summed E-state index contributed by atoms with van der Waals surface area (Å²) in [7, 11) is 2.75. The van der Waals surface area contributed by atoms with Crippen molar-refractivity contribution in [3.8, 4) is 11.5 Å². The van der Waals surface area contributed by atoms with Gasteiger partial charge in [-0.1, -0.05) is 6.07 Å². The minimum Gasteiger partial charge on any atom is -0.496 e. The highest BCUT2D eigenvalue weighted by Crippen LogP contribution is 2.34. The second kappa shape index (κ2) is 7.41. The maximum Gasteiger partial charge on any atom is 0.310 e. The molecule has 116 valence electrons. The van der Waals surface area contributed by atoms with Crippen molar-refractivity contribution in [3.63, 3.8) is 0 Å². The van der Waals surface area contributed by atoms with E-state index in [-0.39, 0.29) is 26.2 Å². The van der Waals surface area contributed by atoms with Crippen molar-refractivity contribution in [2.75, 3.05) is 20.4 Å². The molecule has 0 aliphatic carbocycles. The highest BCUT2D eigenvalue weighted by molar-refractivity contribution is 7.59. The van der Waals surface area contributed by atoms with Crippen LogP contribution in [0.3, 0.4) is 0 Å². The van der Waals surface area contributed by atoms with Crippen LogP contribution in [0.4, 0.5) is 0 Å². The fourth-order valence-electron chi connectivity index (χ4n) is 1.69. The molecule has 0 saturated heterocycles. The number of hydrogen-bond acceptors (Lipinski definition) is 5. The van der Waals surface area contributed by atoms with E-state index in [0.29, 0.717) is 17.1 Å². The minimum atomic E-state index is -0.549. The van der Waals surface area contributed by atoms with Gasteiger partial charge >= 0.3 is 5.97 Å². The van der Waals surface area contributed by atoms with E-state index in [4.69, 9.17) is 14.2 Å². The van der Waals surface area contributed by atoms with Gasteiger partial charge in [0.05, 0.1) is 20.4 Å². The van der Waals surface area contributed by atoms with E-state index in [1.165, 1.54) is 14.2 Å². The van der Waals surface area contributed by atoms with E-state index >= 15 is 0 Å². The maximum absolute atomic E-state index is 12.3. The quantitative estimate of drug-likeness (QED) is 0.597. The Balaban J connectivity index is 2.79. The SMILES string of the molecule is COc1cccc(OC)c1C(=O)PCC(=O)OC(C)(C)C. The van der Waals surface area contributed by atoms with E-state index in [2.05, 4.69) is 0 Å². The van der Waals surface area contributed by atoms with Gasteiger partial charge in [0.1, 0.15) is 22.7 Å². The van der Waals surface area contributed by atoms with Gasteiger partial charge in [-0.15, -0.1) is 0 Å². The molecule has 0 radical (unpaired) electrons. The smallest absolute Gasteiger partial charge is 0.310 e. The molecule has 1 unspecified atom stereocenters. The Morgan fingerprint density at radius 3 is 2.05 bits per heavy atom. The number of esters is 1. The lowest BCUT2D eigenvalue weighted by Crippen LogP contribution is -2.25. The number of carbonyl (C=O) groups excluding carboxylic acids is 2. The lowest BCUT2D eigenvalue weighted by Gasteiger charge is -2.19. The molecule has 5 nitrogen and oxygen atoms in total. The molecule has 0 aromatic heterocycles. The Morgan fingerprint density at radius 2 is 1.62 bits per heavy atom. The predicted molar refractivity (Wildman–Crippen MR) is 82.9 cm³/mol. The van der Waals surface area contributed by atoms with Gasteiger partial charge < -0.3 is 14.2 Å². The van der Waals surface area contributed by atoms with Crippen molar-refractivity contribution < 1.29 is 23.8 Å². The Labute approximate surface area is 126 Å². The largest absolute Gasteiger partial charge is 0.496 e. The van der Waals surface area contributed by atoms with Gasteiger partial charge in [0.25, 0.3) is 0 Å². The normalized spacial score (nSPS) is 11.5. The first-order chi connectivity index (χ1) is 9.78. The Hall–Kier alpha value is -1.61. The first-order valence-corrected chi connectivity index (χ1v) is 7.70. The van der Waals surface area contributed by atoms with Crippen molar-refractivity contribution in [3.05, 3.63) is 23.8 Å². The third-order valence-corrected chi connectivity index (χ3v) is 3.50. The topological polar surface area (TPSA) is 61.8 Å². The highest BCUT2D eigenvalue weighted by atomic mass is 31.1. The van der Waals surface area contributed by atoms with Crippen LogP contribution in [0.1, 0.15) is 31.1 Å². The Kier molecular flexibility index (Phi) is 6.16.